The number of carbonyl (C=O) groups is 1. The summed E-state index contributed by atoms with van der Waals surface area (Å²) < 4.78 is 13.3. The van der Waals surface area contributed by atoms with Crippen LogP contribution in [0.15, 0.2) is 78.9 Å². The molecule has 0 fully saturated rings. The summed E-state index contributed by atoms with van der Waals surface area (Å²) in [4.78, 5) is 44.1. The molecule has 0 amide bonds. The van der Waals surface area contributed by atoms with Crippen molar-refractivity contribution in [2.24, 2.45) is 4.99 Å². The minimum atomic E-state index is -0.702. The zero-order valence-electron chi connectivity index (χ0n) is 23.1. The summed E-state index contributed by atoms with van der Waals surface area (Å²) in [7, 11) is 0. The first kappa shape index (κ1) is 28.3. The van der Waals surface area contributed by atoms with Crippen molar-refractivity contribution in [2.45, 2.75) is 38.6 Å². The maximum Gasteiger partial charge on any atom is 0.338 e. The van der Waals surface area contributed by atoms with Gasteiger partial charge >= 0.3 is 5.97 Å². The number of thiazole rings is 1. The fourth-order valence-electron chi connectivity index (χ4n) is 4.78. The molecule has 9 nitrogen and oxygen atoms in total. The minimum absolute atomic E-state index is 0.0181. The van der Waals surface area contributed by atoms with Crippen LogP contribution in [0.3, 0.4) is 0 Å². The summed E-state index contributed by atoms with van der Waals surface area (Å²) in [5, 5.41) is 11.5. The van der Waals surface area contributed by atoms with Crippen LogP contribution in [0.4, 0.5) is 5.69 Å². The van der Waals surface area contributed by atoms with Gasteiger partial charge < -0.3 is 9.15 Å². The number of ether oxygens (including phenoxy) is 1. The predicted octanol–water partition coefficient (Wildman–Crippen LogP) is 5.31. The van der Waals surface area contributed by atoms with Crippen molar-refractivity contribution in [3.63, 3.8) is 0 Å². The number of thioether (sulfide) groups is 1. The number of esters is 1. The summed E-state index contributed by atoms with van der Waals surface area (Å²) in [6.45, 7) is 7.20. The summed E-state index contributed by atoms with van der Waals surface area (Å²) in [5.41, 5.74) is 3.23. The summed E-state index contributed by atoms with van der Waals surface area (Å²) in [6, 6.07) is 13.8. The summed E-state index contributed by atoms with van der Waals surface area (Å²) in [5.74, 6) is 0.343. The van der Waals surface area contributed by atoms with Gasteiger partial charge in [0.25, 0.3) is 11.2 Å². The highest BCUT2D eigenvalue weighted by Crippen LogP contribution is 2.33. The van der Waals surface area contributed by atoms with Crippen molar-refractivity contribution in [1.29, 1.82) is 0 Å². The van der Waals surface area contributed by atoms with Gasteiger partial charge in [0.1, 0.15) is 11.5 Å². The first-order chi connectivity index (χ1) is 19.6. The second kappa shape index (κ2) is 11.3. The molecule has 0 saturated heterocycles. The van der Waals surface area contributed by atoms with Gasteiger partial charge in [0.15, 0.2) is 4.80 Å². The highest BCUT2D eigenvalue weighted by molar-refractivity contribution is 7.98. The molecule has 0 aliphatic carbocycles. The van der Waals surface area contributed by atoms with Gasteiger partial charge in [-0.05, 0) is 75.4 Å². The molecule has 0 spiro atoms. The van der Waals surface area contributed by atoms with Crippen molar-refractivity contribution >= 4 is 40.8 Å². The first-order valence-electron chi connectivity index (χ1n) is 12.8. The molecule has 0 saturated carbocycles. The zero-order chi connectivity index (χ0) is 29.4. The van der Waals surface area contributed by atoms with E-state index in [1.165, 1.54) is 22.0 Å². The number of hydrogen-bond donors (Lipinski definition) is 0. The van der Waals surface area contributed by atoms with Gasteiger partial charge in [-0.15, -0.1) is 11.8 Å². The summed E-state index contributed by atoms with van der Waals surface area (Å²) in [6.07, 6.45) is 3.60. The van der Waals surface area contributed by atoms with Crippen molar-refractivity contribution in [2.75, 3.05) is 12.9 Å². The molecular formula is C30H27N3O6S2. The van der Waals surface area contributed by atoms with Crippen molar-refractivity contribution in [3.05, 3.63) is 112 Å². The Balaban J connectivity index is 1.62. The molecule has 0 radical (unpaired) electrons. The Bertz CT molecular complexity index is 1900. The van der Waals surface area contributed by atoms with Crippen LogP contribution in [-0.4, -0.2) is 28.3 Å². The largest absolute Gasteiger partial charge is 0.463 e. The maximum atomic E-state index is 13.8. The quantitative estimate of drug-likeness (QED) is 0.124. The van der Waals surface area contributed by atoms with Crippen LogP contribution in [0.25, 0.3) is 17.4 Å². The summed E-state index contributed by atoms with van der Waals surface area (Å²) >= 11 is 2.80. The molecule has 1 atom stereocenters. The van der Waals surface area contributed by atoms with E-state index in [0.29, 0.717) is 43.3 Å². The fraction of sp³-hybridized carbons (Fsp3) is 0.233. The van der Waals surface area contributed by atoms with Crippen LogP contribution >= 0.6 is 23.1 Å². The lowest BCUT2D eigenvalue weighted by molar-refractivity contribution is -0.385. The Labute approximate surface area is 243 Å². The van der Waals surface area contributed by atoms with E-state index in [0.717, 1.165) is 16.0 Å². The molecule has 0 unspecified atom stereocenters. The highest BCUT2D eigenvalue weighted by Gasteiger charge is 2.33. The van der Waals surface area contributed by atoms with E-state index in [1.807, 2.05) is 43.5 Å². The Morgan fingerprint density at radius 3 is 2.59 bits per heavy atom. The lowest BCUT2D eigenvalue weighted by Gasteiger charge is -2.24. The molecule has 1 aliphatic rings. The molecule has 0 bridgehead atoms. The van der Waals surface area contributed by atoms with E-state index in [4.69, 9.17) is 9.15 Å². The van der Waals surface area contributed by atoms with Crippen molar-refractivity contribution < 1.29 is 18.9 Å². The van der Waals surface area contributed by atoms with Crippen LogP contribution in [0.5, 0.6) is 0 Å². The minimum Gasteiger partial charge on any atom is -0.463 e. The molecule has 1 aliphatic heterocycles. The molecule has 2 aromatic heterocycles. The van der Waals surface area contributed by atoms with Gasteiger partial charge in [0.05, 0.1) is 33.4 Å². The van der Waals surface area contributed by atoms with Gasteiger partial charge in [0, 0.05) is 28.2 Å². The number of rotatable bonds is 7. The smallest absolute Gasteiger partial charge is 0.338 e. The highest BCUT2D eigenvalue weighted by atomic mass is 32.2. The normalized spacial score (nSPS) is 15.0. The third kappa shape index (κ3) is 5.30. The topological polar surface area (TPSA) is 117 Å². The number of hydrogen-bond acceptors (Lipinski definition) is 9. The fourth-order valence-corrected chi connectivity index (χ4v) is 6.22. The molecule has 3 heterocycles. The van der Waals surface area contributed by atoms with Crippen molar-refractivity contribution in [3.8, 4) is 11.3 Å². The average Bonchev–Trinajstić information content (AvgIpc) is 3.53. The number of aryl methyl sites for hydroxylation is 1. The monoisotopic (exact) mass is 589 g/mol. The van der Waals surface area contributed by atoms with Crippen molar-refractivity contribution in [1.82, 2.24) is 4.57 Å². The number of furan rings is 1. The molecular weight excluding hydrogens is 562 g/mol. The zero-order valence-corrected chi connectivity index (χ0v) is 24.7. The Hall–Kier alpha value is -4.22. The van der Waals surface area contributed by atoms with Crippen LogP contribution < -0.4 is 14.9 Å². The average molecular weight is 590 g/mol. The maximum absolute atomic E-state index is 13.8. The van der Waals surface area contributed by atoms with E-state index in [1.54, 1.807) is 50.7 Å². The van der Waals surface area contributed by atoms with Crippen LogP contribution in [-0.2, 0) is 9.53 Å². The number of nitrogens with zero attached hydrogens (tertiary/aromatic N) is 3. The molecule has 0 N–H and O–H groups in total. The number of nitro benzene ring substituents is 1. The van der Waals surface area contributed by atoms with E-state index >= 15 is 0 Å². The van der Waals surface area contributed by atoms with E-state index in [9.17, 15) is 19.7 Å². The second-order valence-electron chi connectivity index (χ2n) is 9.47. The van der Waals surface area contributed by atoms with Gasteiger partial charge in [0.2, 0.25) is 0 Å². The molecule has 41 heavy (non-hydrogen) atoms. The third-order valence-corrected chi connectivity index (χ3v) is 8.70. The number of fused-ring (bicyclic) bond motifs is 1. The number of allylic oxidation sites excluding steroid dienone is 1. The molecule has 4 aromatic rings. The molecule has 5 rings (SSSR count). The molecule has 11 heteroatoms. The lowest BCUT2D eigenvalue weighted by Crippen LogP contribution is -2.39. The Kier molecular flexibility index (Phi) is 7.83. The van der Waals surface area contributed by atoms with Gasteiger partial charge in [-0.3, -0.25) is 19.5 Å². The van der Waals surface area contributed by atoms with Gasteiger partial charge in [-0.1, -0.05) is 23.5 Å². The lowest BCUT2D eigenvalue weighted by atomic mass is 9.96. The predicted molar refractivity (Wildman–Crippen MR) is 159 cm³/mol. The molecule has 2 aromatic carbocycles. The third-order valence-electron chi connectivity index (χ3n) is 6.97. The van der Waals surface area contributed by atoms with Crippen LogP contribution in [0, 0.1) is 24.0 Å². The second-order valence-corrected chi connectivity index (χ2v) is 11.4. The number of nitro groups is 1. The molecule has 210 valence electrons. The van der Waals surface area contributed by atoms with E-state index < -0.39 is 16.9 Å². The number of aromatic nitrogens is 1. The number of carbonyl (C=O) groups excluding carboxylic acids is 1. The Morgan fingerprint density at radius 1 is 1.20 bits per heavy atom. The SMILES string of the molecule is CCOC(=O)C1=C(C)N=c2s/c(=C\c3ccc(-c4cc(C)c(C)c([N+](=O)[O-])c4)o3)c(=O)n2[C@@H]1c1ccc(SC)cc1. The van der Waals surface area contributed by atoms with Crippen LogP contribution in [0.1, 0.15) is 42.3 Å². The number of benzene rings is 2. The van der Waals surface area contributed by atoms with E-state index in [-0.39, 0.29) is 17.9 Å². The first-order valence-corrected chi connectivity index (χ1v) is 14.9. The van der Waals surface area contributed by atoms with Gasteiger partial charge in [-0.2, -0.15) is 0 Å². The Morgan fingerprint density at radius 2 is 1.93 bits per heavy atom. The standard InChI is InChI=1S/C30H27N3O6S2/c1-6-38-29(35)26-18(4)31-30-32(27(26)19-7-10-22(40-5)11-8-19)28(34)25(41-30)15-21-9-12-24(39-21)20-13-16(2)17(3)23(14-20)33(36)37/h7-15,27H,6H2,1-5H3/b25-15-/t27-/m1/s1. The van der Waals surface area contributed by atoms with Gasteiger partial charge in [-0.25, -0.2) is 9.79 Å². The van der Waals surface area contributed by atoms with E-state index in [2.05, 4.69) is 4.99 Å². The van der Waals surface area contributed by atoms with Crippen LogP contribution in [0.2, 0.25) is 0 Å².